The van der Waals surface area contributed by atoms with E-state index in [9.17, 15) is 9.59 Å². The van der Waals surface area contributed by atoms with Gasteiger partial charge in [0, 0.05) is 43.3 Å². The number of rotatable bonds is 4. The minimum Gasteiger partial charge on any atom is -0.350 e. The Morgan fingerprint density at radius 1 is 1.24 bits per heavy atom. The van der Waals surface area contributed by atoms with Gasteiger partial charge in [0.1, 0.15) is 0 Å². The van der Waals surface area contributed by atoms with Crippen molar-refractivity contribution in [1.29, 1.82) is 0 Å². The molecule has 2 aromatic rings. The molecular formula is C23H28N4O2. The van der Waals surface area contributed by atoms with Gasteiger partial charge in [-0.3, -0.25) is 19.5 Å². The molecule has 4 rings (SSSR count). The van der Waals surface area contributed by atoms with E-state index < -0.39 is 5.41 Å². The number of amides is 2. The number of aromatic nitrogens is 1. The Bertz CT molecular complexity index is 918. The third kappa shape index (κ3) is 3.53. The third-order valence-corrected chi connectivity index (χ3v) is 6.11. The first-order valence-corrected chi connectivity index (χ1v) is 10.3. The van der Waals surface area contributed by atoms with Crippen molar-refractivity contribution in [2.24, 2.45) is 0 Å². The van der Waals surface area contributed by atoms with Crippen molar-refractivity contribution >= 4 is 17.5 Å². The fraction of sp³-hybridized carbons (Fsp3) is 0.435. The van der Waals surface area contributed by atoms with Crippen molar-refractivity contribution in [3.05, 3.63) is 59.4 Å². The zero-order chi connectivity index (χ0) is 20.6. The number of fused-ring (bicyclic) bond motifs is 2. The lowest BCUT2D eigenvalue weighted by molar-refractivity contribution is -0.124. The Kier molecular flexibility index (Phi) is 5.13. The summed E-state index contributed by atoms with van der Waals surface area (Å²) in [6.07, 6.45) is 5.21. The van der Waals surface area contributed by atoms with Crippen LogP contribution in [0, 0.1) is 0 Å². The molecule has 2 aliphatic heterocycles. The van der Waals surface area contributed by atoms with E-state index in [1.807, 2.05) is 51.4 Å². The number of piperidine rings is 1. The molecule has 6 nitrogen and oxygen atoms in total. The maximum atomic E-state index is 13.3. The van der Waals surface area contributed by atoms with Crippen LogP contribution in [0.15, 0.2) is 42.7 Å². The number of anilines is 1. The van der Waals surface area contributed by atoms with Gasteiger partial charge in [-0.1, -0.05) is 6.07 Å². The molecule has 3 heterocycles. The molecule has 1 spiro atoms. The lowest BCUT2D eigenvalue weighted by Gasteiger charge is -2.38. The number of likely N-dealkylation sites (N-methyl/N-ethyl adjacent to an activating group) is 1. The first kappa shape index (κ1) is 19.6. The smallest absolute Gasteiger partial charge is 0.251 e. The summed E-state index contributed by atoms with van der Waals surface area (Å²) in [6.45, 7) is 6.42. The summed E-state index contributed by atoms with van der Waals surface area (Å²) in [5.41, 5.74) is 3.22. The van der Waals surface area contributed by atoms with E-state index in [1.165, 1.54) is 5.56 Å². The lowest BCUT2D eigenvalue weighted by atomic mass is 9.73. The maximum Gasteiger partial charge on any atom is 0.251 e. The molecule has 0 aliphatic carbocycles. The van der Waals surface area contributed by atoms with Gasteiger partial charge in [0.05, 0.1) is 5.41 Å². The van der Waals surface area contributed by atoms with Crippen molar-refractivity contribution < 1.29 is 9.59 Å². The van der Waals surface area contributed by atoms with Crippen LogP contribution in [0.25, 0.3) is 0 Å². The normalized spacial score (nSPS) is 18.3. The summed E-state index contributed by atoms with van der Waals surface area (Å²) in [6, 6.07) is 9.78. The predicted octanol–water partition coefficient (Wildman–Crippen LogP) is 2.73. The molecule has 1 fully saturated rings. The number of likely N-dealkylation sites (tertiary alicyclic amines) is 1. The molecule has 0 bridgehead atoms. The van der Waals surface area contributed by atoms with E-state index in [2.05, 4.69) is 21.3 Å². The highest BCUT2D eigenvalue weighted by Crippen LogP contribution is 2.47. The molecule has 1 aromatic carbocycles. The number of benzene rings is 1. The van der Waals surface area contributed by atoms with Crippen LogP contribution in [0.1, 0.15) is 48.2 Å². The number of nitrogens with zero attached hydrogens (tertiary/aromatic N) is 3. The zero-order valence-electron chi connectivity index (χ0n) is 17.3. The monoisotopic (exact) mass is 392 g/mol. The third-order valence-electron chi connectivity index (χ3n) is 6.11. The number of carbonyl (C=O) groups excluding carboxylic acids is 2. The summed E-state index contributed by atoms with van der Waals surface area (Å²) in [5.74, 6) is 0.0592. The van der Waals surface area contributed by atoms with E-state index in [1.54, 1.807) is 11.1 Å². The zero-order valence-corrected chi connectivity index (χ0v) is 17.3. The molecule has 1 aromatic heterocycles. The van der Waals surface area contributed by atoms with Gasteiger partial charge in [-0.25, -0.2) is 0 Å². The fourth-order valence-electron chi connectivity index (χ4n) is 4.57. The Labute approximate surface area is 171 Å². The molecule has 0 atom stereocenters. The highest BCUT2D eigenvalue weighted by Gasteiger charge is 2.51. The molecule has 29 heavy (non-hydrogen) atoms. The minimum atomic E-state index is -0.524. The Hall–Kier alpha value is -2.73. The second kappa shape index (κ2) is 7.59. The van der Waals surface area contributed by atoms with Gasteiger partial charge in [0.25, 0.3) is 5.91 Å². The van der Waals surface area contributed by atoms with E-state index in [-0.39, 0.29) is 17.9 Å². The average Bonchev–Trinajstić information content (AvgIpc) is 2.92. The summed E-state index contributed by atoms with van der Waals surface area (Å²) < 4.78 is 0. The summed E-state index contributed by atoms with van der Waals surface area (Å²) >= 11 is 0. The first-order chi connectivity index (χ1) is 13.9. The standard InChI is InChI=1S/C23H28N4O2/c1-16(2)25-21(28)18-6-7-20-19(13-18)23(22(29)26(20)3)8-11-27(12-9-23)15-17-5-4-10-24-14-17/h4-7,10,13-14,16H,8-9,11-12,15H2,1-3H3,(H,25,28). The fourth-order valence-corrected chi connectivity index (χ4v) is 4.57. The largest absolute Gasteiger partial charge is 0.350 e. The molecule has 6 heteroatoms. The van der Waals surface area contributed by atoms with Crippen molar-refractivity contribution in [3.63, 3.8) is 0 Å². The van der Waals surface area contributed by atoms with E-state index in [0.29, 0.717) is 5.56 Å². The number of pyridine rings is 1. The van der Waals surface area contributed by atoms with Gasteiger partial charge in [-0.05, 0) is 75.2 Å². The molecule has 1 N–H and O–H groups in total. The van der Waals surface area contributed by atoms with Crippen LogP contribution in [0.5, 0.6) is 0 Å². The maximum absolute atomic E-state index is 13.3. The first-order valence-electron chi connectivity index (χ1n) is 10.3. The molecule has 2 amide bonds. The van der Waals surface area contributed by atoms with Gasteiger partial charge in [-0.2, -0.15) is 0 Å². The predicted molar refractivity (Wildman–Crippen MR) is 113 cm³/mol. The van der Waals surface area contributed by atoms with E-state index in [0.717, 1.165) is 43.7 Å². The highest BCUT2D eigenvalue weighted by molar-refractivity contribution is 6.09. The van der Waals surface area contributed by atoms with Gasteiger partial charge >= 0.3 is 0 Å². The second-order valence-corrected chi connectivity index (χ2v) is 8.44. The molecule has 0 saturated carbocycles. The number of nitrogens with one attached hydrogen (secondary N) is 1. The minimum absolute atomic E-state index is 0.0738. The number of hydrogen-bond acceptors (Lipinski definition) is 4. The molecule has 1 saturated heterocycles. The van der Waals surface area contributed by atoms with Crippen LogP contribution in [-0.2, 0) is 16.8 Å². The molecule has 2 aliphatic rings. The number of hydrogen-bond donors (Lipinski definition) is 1. The van der Waals surface area contributed by atoms with Gasteiger partial charge in [-0.15, -0.1) is 0 Å². The topological polar surface area (TPSA) is 65.5 Å². The average molecular weight is 393 g/mol. The van der Waals surface area contributed by atoms with Gasteiger partial charge < -0.3 is 10.2 Å². The SMILES string of the molecule is CC(C)NC(=O)c1ccc2c(c1)C1(CCN(Cc3cccnc3)CC1)C(=O)N2C. The van der Waals surface area contributed by atoms with Gasteiger partial charge in [0.15, 0.2) is 0 Å². The molecule has 0 radical (unpaired) electrons. The summed E-state index contributed by atoms with van der Waals surface area (Å²) in [7, 11) is 1.84. The van der Waals surface area contributed by atoms with Crippen molar-refractivity contribution in [1.82, 2.24) is 15.2 Å². The quantitative estimate of drug-likeness (QED) is 0.869. The lowest BCUT2D eigenvalue weighted by Crippen LogP contribution is -2.47. The van der Waals surface area contributed by atoms with Crippen LogP contribution in [0.2, 0.25) is 0 Å². The Morgan fingerprint density at radius 2 is 2.00 bits per heavy atom. The summed E-state index contributed by atoms with van der Waals surface area (Å²) in [4.78, 5) is 34.1. The van der Waals surface area contributed by atoms with Crippen molar-refractivity contribution in [3.8, 4) is 0 Å². The Morgan fingerprint density at radius 3 is 2.66 bits per heavy atom. The van der Waals surface area contributed by atoms with Crippen LogP contribution in [0.4, 0.5) is 5.69 Å². The van der Waals surface area contributed by atoms with Crippen molar-refractivity contribution in [2.75, 3.05) is 25.0 Å². The van der Waals surface area contributed by atoms with Crippen molar-refractivity contribution in [2.45, 2.75) is 44.7 Å². The molecular weight excluding hydrogens is 364 g/mol. The Balaban J connectivity index is 1.57. The van der Waals surface area contributed by atoms with Gasteiger partial charge in [0.2, 0.25) is 5.91 Å². The van der Waals surface area contributed by atoms with E-state index in [4.69, 9.17) is 0 Å². The van der Waals surface area contributed by atoms with Crippen LogP contribution in [-0.4, -0.2) is 47.9 Å². The molecule has 152 valence electrons. The van der Waals surface area contributed by atoms with E-state index >= 15 is 0 Å². The summed E-state index contributed by atoms with van der Waals surface area (Å²) in [5, 5.41) is 2.95. The highest BCUT2D eigenvalue weighted by atomic mass is 16.2. The van der Waals surface area contributed by atoms with Crippen LogP contribution < -0.4 is 10.2 Å². The van der Waals surface area contributed by atoms with Crippen LogP contribution >= 0.6 is 0 Å². The number of carbonyl (C=O) groups is 2. The second-order valence-electron chi connectivity index (χ2n) is 8.44. The van der Waals surface area contributed by atoms with Crippen LogP contribution in [0.3, 0.4) is 0 Å². The molecule has 0 unspecified atom stereocenters.